The van der Waals surface area contributed by atoms with Crippen LogP contribution >= 0.6 is 0 Å². The van der Waals surface area contributed by atoms with E-state index in [4.69, 9.17) is 9.47 Å². The van der Waals surface area contributed by atoms with Crippen LogP contribution in [0, 0.1) is 0 Å². The monoisotopic (exact) mass is 959 g/mol. The summed E-state index contributed by atoms with van der Waals surface area (Å²) in [4.78, 5) is 0. The zero-order valence-corrected chi connectivity index (χ0v) is 45.4. The van der Waals surface area contributed by atoms with Gasteiger partial charge in [-0.2, -0.15) is 0 Å². The van der Waals surface area contributed by atoms with Gasteiger partial charge in [0.25, 0.3) is 0 Å². The van der Waals surface area contributed by atoms with Gasteiger partial charge in [0.2, 0.25) is 0 Å². The smallest absolute Gasteiger partial charge is 0.162 e. The van der Waals surface area contributed by atoms with Crippen LogP contribution in [-0.2, 0) is 0 Å². The Balaban J connectivity index is 1.29. The van der Waals surface area contributed by atoms with Gasteiger partial charge in [0.1, 0.15) is 13.2 Å². The predicted molar refractivity (Wildman–Crippen MR) is 303 cm³/mol. The summed E-state index contributed by atoms with van der Waals surface area (Å²) in [6.45, 7) is 9.55. The molecule has 390 valence electrons. The number of hydrogen-bond donors (Lipinski definition) is 2. The van der Waals surface area contributed by atoms with E-state index in [1.54, 1.807) is 0 Å². The van der Waals surface area contributed by atoms with Gasteiger partial charge in [-0.05, 0) is 84.0 Å². The first-order chi connectivity index (χ1) is 34.5. The van der Waals surface area contributed by atoms with E-state index in [2.05, 4.69) is 88.4 Å². The molecule has 0 heterocycles. The van der Waals surface area contributed by atoms with Crippen molar-refractivity contribution in [3.63, 3.8) is 0 Å². The lowest BCUT2D eigenvalue weighted by Crippen LogP contribution is -2.11. The normalized spacial score (nSPS) is 12.3. The quantitative estimate of drug-likeness (QED) is 0.0434. The fourth-order valence-electron chi connectivity index (χ4n) is 10.7. The molecule has 4 aromatic carbocycles. The molecular formula is C66H102O4. The summed E-state index contributed by atoms with van der Waals surface area (Å²) in [5.41, 5.74) is 6.27. The van der Waals surface area contributed by atoms with E-state index in [0.717, 1.165) is 59.1 Å². The number of benzene rings is 4. The number of hydrogen-bond acceptors (Lipinski definition) is 4. The highest BCUT2D eigenvalue weighted by Crippen LogP contribution is 2.44. The lowest BCUT2D eigenvalue weighted by Gasteiger charge is -2.22. The molecule has 4 nitrogen and oxygen atoms in total. The number of phenols is 2. The average molecular weight is 960 g/mol. The molecule has 4 rings (SSSR count). The highest BCUT2D eigenvalue weighted by atomic mass is 16.5. The Bertz CT molecular complexity index is 1730. The van der Waals surface area contributed by atoms with Crippen LogP contribution < -0.4 is 9.47 Å². The molecule has 0 saturated carbocycles. The van der Waals surface area contributed by atoms with E-state index < -0.39 is 0 Å². The van der Waals surface area contributed by atoms with Gasteiger partial charge in [-0.3, -0.25) is 0 Å². The molecule has 0 amide bonds. The second-order valence-corrected chi connectivity index (χ2v) is 20.9. The molecule has 0 saturated heterocycles. The van der Waals surface area contributed by atoms with Crippen LogP contribution in [0.3, 0.4) is 0 Å². The molecule has 0 aliphatic heterocycles. The molecule has 4 aromatic rings. The van der Waals surface area contributed by atoms with Crippen LogP contribution in [0.4, 0.5) is 0 Å². The number of aromatic hydroxyl groups is 2. The molecule has 0 spiro atoms. The molecule has 2 atom stereocenters. The molecule has 70 heavy (non-hydrogen) atoms. The second kappa shape index (κ2) is 37.8. The van der Waals surface area contributed by atoms with Crippen molar-refractivity contribution in [2.75, 3.05) is 13.2 Å². The van der Waals surface area contributed by atoms with Crippen LogP contribution in [-0.4, -0.2) is 23.4 Å². The van der Waals surface area contributed by atoms with Crippen molar-refractivity contribution < 1.29 is 19.7 Å². The summed E-state index contributed by atoms with van der Waals surface area (Å²) >= 11 is 0. The number of ether oxygens (including phenoxy) is 2. The molecule has 0 aromatic heterocycles. The minimum atomic E-state index is 0.238. The minimum Gasteiger partial charge on any atom is -0.504 e. The Labute approximate surface area is 430 Å². The van der Waals surface area contributed by atoms with Crippen LogP contribution in [0.15, 0.2) is 84.9 Å². The van der Waals surface area contributed by atoms with Gasteiger partial charge in [0, 0.05) is 11.1 Å². The Hall–Kier alpha value is -3.92. The maximum Gasteiger partial charge on any atom is 0.162 e. The van der Waals surface area contributed by atoms with Crippen molar-refractivity contribution in [3.05, 3.63) is 96.1 Å². The van der Waals surface area contributed by atoms with Crippen molar-refractivity contribution in [1.82, 2.24) is 0 Å². The molecular weight excluding hydrogens is 857 g/mol. The number of phenolic OH excluding ortho intramolecular Hbond substituents is 2. The van der Waals surface area contributed by atoms with Crippen molar-refractivity contribution in [1.29, 1.82) is 0 Å². The number of unbranched alkanes of at least 4 members (excludes halogenated alkanes) is 28. The lowest BCUT2D eigenvalue weighted by atomic mass is 9.87. The first-order valence-electron chi connectivity index (χ1n) is 29.6. The fraction of sp³-hybridized carbons (Fsp3) is 0.636. The van der Waals surface area contributed by atoms with E-state index in [0.29, 0.717) is 11.5 Å². The van der Waals surface area contributed by atoms with Gasteiger partial charge >= 0.3 is 0 Å². The van der Waals surface area contributed by atoms with Crippen LogP contribution in [0.1, 0.15) is 269 Å². The van der Waals surface area contributed by atoms with Gasteiger partial charge in [0.15, 0.2) is 23.0 Å². The van der Waals surface area contributed by atoms with Gasteiger partial charge in [0.05, 0.1) is 0 Å². The van der Waals surface area contributed by atoms with E-state index in [-0.39, 0.29) is 36.5 Å². The summed E-state index contributed by atoms with van der Waals surface area (Å²) in [5.74, 6) is 1.98. The summed E-state index contributed by atoms with van der Waals surface area (Å²) in [6, 6.07) is 29.2. The van der Waals surface area contributed by atoms with Crippen molar-refractivity contribution in [2.45, 2.75) is 258 Å². The molecule has 2 N–H and O–H groups in total. The standard InChI is InChI=1S/C66H102O4/c1-5-9-11-13-15-17-19-21-23-25-27-29-31-33-37-43-55(7-3)61-51-59(57-45-39-35-40-46-57)53-63(65(61)67)69-49-50-70-64-54-60(58-47-41-36-42-48-58)52-62(66(64)68)56(8-4)44-38-34-32-30-28-26-24-22-20-18-16-14-12-10-6-2/h35-36,39-42,45-48,51-56,67-68H,5-34,37-38,43-44,49-50H2,1-4H3. The van der Waals surface area contributed by atoms with Crippen molar-refractivity contribution in [3.8, 4) is 45.3 Å². The topological polar surface area (TPSA) is 58.9 Å². The number of rotatable bonds is 43. The molecule has 0 bridgehead atoms. The Kier molecular flexibility index (Phi) is 31.7. The fourth-order valence-corrected chi connectivity index (χ4v) is 10.7. The zero-order valence-electron chi connectivity index (χ0n) is 45.4. The van der Waals surface area contributed by atoms with E-state index in [1.807, 2.05) is 24.3 Å². The zero-order chi connectivity index (χ0) is 49.7. The molecule has 0 fully saturated rings. The van der Waals surface area contributed by atoms with Crippen molar-refractivity contribution >= 4 is 0 Å². The SMILES string of the molecule is CCCCCCCCCCCCCCCCCC(CC)c1cc(-c2ccccc2)cc(OCCOc2cc(-c3ccccc3)cc(C(CC)CCCCCCCCCCCCCCCCC)c2O)c1O. The van der Waals surface area contributed by atoms with Crippen molar-refractivity contribution in [2.24, 2.45) is 0 Å². The lowest BCUT2D eigenvalue weighted by molar-refractivity contribution is 0.206. The minimum absolute atomic E-state index is 0.238. The summed E-state index contributed by atoms with van der Waals surface area (Å²) < 4.78 is 12.8. The summed E-state index contributed by atoms with van der Waals surface area (Å²) in [6.07, 6.45) is 44.8. The van der Waals surface area contributed by atoms with E-state index in [9.17, 15) is 10.2 Å². The Morgan fingerprint density at radius 2 is 0.600 bits per heavy atom. The molecule has 4 heteroatoms. The Morgan fingerprint density at radius 1 is 0.329 bits per heavy atom. The van der Waals surface area contributed by atoms with Crippen LogP contribution in [0.5, 0.6) is 23.0 Å². The largest absolute Gasteiger partial charge is 0.504 e. The third-order valence-electron chi connectivity index (χ3n) is 15.2. The second-order valence-electron chi connectivity index (χ2n) is 20.9. The third kappa shape index (κ3) is 23.1. The summed E-state index contributed by atoms with van der Waals surface area (Å²) in [5, 5.41) is 23.7. The predicted octanol–water partition coefficient (Wildman–Crippen LogP) is 21.4. The van der Waals surface area contributed by atoms with Crippen LogP contribution in [0.25, 0.3) is 22.3 Å². The molecule has 0 aliphatic rings. The third-order valence-corrected chi connectivity index (χ3v) is 15.2. The maximum absolute atomic E-state index is 11.8. The van der Waals surface area contributed by atoms with Gasteiger partial charge in [-0.25, -0.2) is 0 Å². The highest BCUT2D eigenvalue weighted by Gasteiger charge is 2.22. The van der Waals surface area contributed by atoms with Gasteiger partial charge in [-0.1, -0.05) is 281 Å². The Morgan fingerprint density at radius 3 is 0.871 bits per heavy atom. The van der Waals surface area contributed by atoms with E-state index in [1.165, 1.54) is 193 Å². The molecule has 2 unspecified atom stereocenters. The first-order valence-corrected chi connectivity index (χ1v) is 29.6. The maximum atomic E-state index is 11.8. The molecule has 0 radical (unpaired) electrons. The average Bonchev–Trinajstić information content (AvgIpc) is 3.39. The van der Waals surface area contributed by atoms with Crippen LogP contribution in [0.2, 0.25) is 0 Å². The van der Waals surface area contributed by atoms with Gasteiger partial charge in [-0.15, -0.1) is 0 Å². The summed E-state index contributed by atoms with van der Waals surface area (Å²) in [7, 11) is 0. The van der Waals surface area contributed by atoms with Gasteiger partial charge < -0.3 is 19.7 Å². The highest BCUT2D eigenvalue weighted by molar-refractivity contribution is 5.70. The first kappa shape index (κ1) is 58.6. The van der Waals surface area contributed by atoms with E-state index >= 15 is 0 Å². The molecule has 0 aliphatic carbocycles.